The maximum atomic E-state index is 11.8. The zero-order valence-electron chi connectivity index (χ0n) is 13.6. The van der Waals surface area contributed by atoms with Crippen LogP contribution in [0, 0.1) is 0 Å². The highest BCUT2D eigenvalue weighted by Gasteiger charge is 2.48. The lowest BCUT2D eigenvalue weighted by Gasteiger charge is -2.28. The minimum Gasteiger partial charge on any atom is -0.479 e. The first kappa shape index (κ1) is 18.1. The van der Waals surface area contributed by atoms with E-state index in [9.17, 15) is 19.5 Å². The molecule has 126 valence electrons. The smallest absolute Gasteiger partial charge is 0.410 e. The predicted molar refractivity (Wildman–Crippen MR) is 77.5 cm³/mol. The molecular weight excluding hydrogens is 292 g/mol. The number of nitrogens with zero attached hydrogens (tertiary/aromatic N) is 1. The summed E-state index contributed by atoms with van der Waals surface area (Å²) in [6, 6.07) is 0. The van der Waals surface area contributed by atoms with E-state index in [-0.39, 0.29) is 25.6 Å². The number of hydrogen-bond donors (Lipinski definition) is 2. The van der Waals surface area contributed by atoms with Gasteiger partial charge >= 0.3 is 18.2 Å². The van der Waals surface area contributed by atoms with Gasteiger partial charge in [0.1, 0.15) is 5.60 Å². The fourth-order valence-corrected chi connectivity index (χ4v) is 2.07. The van der Waals surface area contributed by atoms with Crippen molar-refractivity contribution in [2.24, 2.45) is 0 Å². The van der Waals surface area contributed by atoms with Crippen LogP contribution in [-0.4, -0.2) is 58.5 Å². The van der Waals surface area contributed by atoms with Crippen molar-refractivity contribution in [1.29, 1.82) is 0 Å². The van der Waals surface area contributed by atoms with Crippen LogP contribution in [0.1, 0.15) is 41.0 Å². The maximum absolute atomic E-state index is 11.8. The number of carboxylic acid groups (broad SMARTS) is 1. The van der Waals surface area contributed by atoms with Crippen molar-refractivity contribution in [3.63, 3.8) is 0 Å². The Balaban J connectivity index is 2.77. The highest BCUT2D eigenvalue weighted by molar-refractivity contribution is 5.86. The zero-order valence-corrected chi connectivity index (χ0v) is 13.6. The largest absolute Gasteiger partial charge is 0.479 e. The summed E-state index contributed by atoms with van der Waals surface area (Å²) in [5.74, 6) is -1.21. The Kier molecular flexibility index (Phi) is 5.26. The van der Waals surface area contributed by atoms with Gasteiger partial charge in [0.25, 0.3) is 0 Å². The molecule has 8 heteroatoms. The number of likely N-dealkylation sites (tertiary alicyclic amines) is 1. The van der Waals surface area contributed by atoms with Gasteiger partial charge in [-0.25, -0.2) is 14.4 Å². The molecule has 0 spiro atoms. The summed E-state index contributed by atoms with van der Waals surface area (Å²) in [6.07, 6.45) is -1.63. The van der Waals surface area contributed by atoms with Gasteiger partial charge in [0.05, 0.1) is 12.6 Å². The first-order valence-corrected chi connectivity index (χ1v) is 7.15. The molecule has 1 atom stereocenters. The molecule has 1 saturated heterocycles. The van der Waals surface area contributed by atoms with Gasteiger partial charge in [-0.3, -0.25) is 0 Å². The fraction of sp³-hybridized carbons (Fsp3) is 0.786. The summed E-state index contributed by atoms with van der Waals surface area (Å²) in [7, 11) is 0. The SMILES string of the molecule is CC(C)OC(=O)N1CCC(NC(=O)OC(C)(C)C)(C(=O)O)C1. The van der Waals surface area contributed by atoms with Crippen LogP contribution in [0.15, 0.2) is 0 Å². The second-order valence-corrected chi connectivity index (χ2v) is 6.62. The number of nitrogens with one attached hydrogen (secondary N) is 1. The number of carbonyl (C=O) groups excluding carboxylic acids is 2. The molecule has 2 amide bonds. The number of aliphatic carboxylic acids is 1. The second kappa shape index (κ2) is 6.41. The molecule has 1 fully saturated rings. The third-order valence-corrected chi connectivity index (χ3v) is 3.01. The lowest BCUT2D eigenvalue weighted by molar-refractivity contribution is -0.144. The van der Waals surface area contributed by atoms with E-state index in [4.69, 9.17) is 9.47 Å². The molecule has 0 saturated carbocycles. The quantitative estimate of drug-likeness (QED) is 0.819. The molecule has 1 aliphatic heterocycles. The molecule has 0 bridgehead atoms. The Morgan fingerprint density at radius 1 is 1.27 bits per heavy atom. The third kappa shape index (κ3) is 4.78. The van der Waals surface area contributed by atoms with Crippen LogP contribution in [-0.2, 0) is 14.3 Å². The van der Waals surface area contributed by atoms with E-state index < -0.39 is 29.3 Å². The van der Waals surface area contributed by atoms with Crippen LogP contribution >= 0.6 is 0 Å². The fourth-order valence-electron chi connectivity index (χ4n) is 2.07. The number of rotatable bonds is 3. The first-order valence-electron chi connectivity index (χ1n) is 7.15. The Labute approximate surface area is 129 Å². The Morgan fingerprint density at radius 3 is 2.32 bits per heavy atom. The predicted octanol–water partition coefficient (Wildman–Crippen LogP) is 1.59. The Morgan fingerprint density at radius 2 is 1.86 bits per heavy atom. The van der Waals surface area contributed by atoms with Crippen molar-refractivity contribution in [1.82, 2.24) is 10.2 Å². The summed E-state index contributed by atoms with van der Waals surface area (Å²) >= 11 is 0. The Bertz CT molecular complexity index is 457. The monoisotopic (exact) mass is 316 g/mol. The maximum Gasteiger partial charge on any atom is 0.410 e. The van der Waals surface area contributed by atoms with E-state index in [0.29, 0.717) is 0 Å². The minimum absolute atomic E-state index is 0.0920. The molecule has 0 aromatic carbocycles. The van der Waals surface area contributed by atoms with Crippen LogP contribution in [0.4, 0.5) is 9.59 Å². The first-order chi connectivity index (χ1) is 9.95. The molecular formula is C14H24N2O6. The number of hydrogen-bond acceptors (Lipinski definition) is 5. The topological polar surface area (TPSA) is 105 Å². The van der Waals surface area contributed by atoms with Gasteiger partial charge in [-0.2, -0.15) is 0 Å². The molecule has 1 unspecified atom stereocenters. The summed E-state index contributed by atoms with van der Waals surface area (Å²) < 4.78 is 10.1. The van der Waals surface area contributed by atoms with Crippen molar-refractivity contribution in [2.75, 3.05) is 13.1 Å². The van der Waals surface area contributed by atoms with Gasteiger partial charge in [-0.05, 0) is 34.6 Å². The normalized spacial score (nSPS) is 21.6. The second-order valence-electron chi connectivity index (χ2n) is 6.62. The highest BCUT2D eigenvalue weighted by atomic mass is 16.6. The molecule has 8 nitrogen and oxygen atoms in total. The molecule has 0 aromatic rings. The van der Waals surface area contributed by atoms with Gasteiger partial charge in [0.2, 0.25) is 0 Å². The average molecular weight is 316 g/mol. The summed E-state index contributed by atoms with van der Waals surface area (Å²) in [6.45, 7) is 8.48. The molecule has 0 radical (unpaired) electrons. The number of carbonyl (C=O) groups is 3. The number of alkyl carbamates (subject to hydrolysis) is 1. The number of amides is 2. The van der Waals surface area contributed by atoms with Gasteiger partial charge in [0.15, 0.2) is 5.54 Å². The Hall–Kier alpha value is -1.99. The number of ether oxygens (including phenoxy) is 2. The van der Waals surface area contributed by atoms with Gasteiger partial charge in [-0.1, -0.05) is 0 Å². The van der Waals surface area contributed by atoms with E-state index >= 15 is 0 Å². The van der Waals surface area contributed by atoms with Crippen LogP contribution in [0.2, 0.25) is 0 Å². The van der Waals surface area contributed by atoms with Gasteiger partial charge in [-0.15, -0.1) is 0 Å². The standard InChI is InChI=1S/C14H24N2O6/c1-9(2)21-12(20)16-7-6-14(8-16,10(17)18)15-11(19)22-13(3,4)5/h9H,6-8H2,1-5H3,(H,15,19)(H,17,18). The van der Waals surface area contributed by atoms with E-state index in [1.807, 2.05) is 0 Å². The lowest BCUT2D eigenvalue weighted by atomic mass is 9.99. The lowest BCUT2D eigenvalue weighted by Crippen LogP contribution is -2.57. The van der Waals surface area contributed by atoms with E-state index in [0.717, 1.165) is 0 Å². The highest BCUT2D eigenvalue weighted by Crippen LogP contribution is 2.23. The summed E-state index contributed by atoms with van der Waals surface area (Å²) in [5.41, 5.74) is -2.29. The van der Waals surface area contributed by atoms with Crippen molar-refractivity contribution in [3.8, 4) is 0 Å². The average Bonchev–Trinajstić information content (AvgIpc) is 2.70. The molecule has 0 aliphatic carbocycles. The molecule has 1 aliphatic rings. The van der Waals surface area contributed by atoms with Crippen molar-refractivity contribution < 1.29 is 29.0 Å². The van der Waals surface area contributed by atoms with Crippen LogP contribution in [0.3, 0.4) is 0 Å². The molecule has 2 N–H and O–H groups in total. The summed E-state index contributed by atoms with van der Waals surface area (Å²) in [5, 5.41) is 11.8. The van der Waals surface area contributed by atoms with Crippen molar-refractivity contribution in [3.05, 3.63) is 0 Å². The van der Waals surface area contributed by atoms with Crippen LogP contribution in [0.5, 0.6) is 0 Å². The van der Waals surface area contributed by atoms with Gasteiger partial charge in [0, 0.05) is 13.0 Å². The van der Waals surface area contributed by atoms with E-state index in [1.165, 1.54) is 4.90 Å². The van der Waals surface area contributed by atoms with Gasteiger partial charge < -0.3 is 24.8 Å². The minimum atomic E-state index is -1.56. The molecule has 22 heavy (non-hydrogen) atoms. The van der Waals surface area contributed by atoms with E-state index in [2.05, 4.69) is 5.32 Å². The zero-order chi connectivity index (χ0) is 17.1. The van der Waals surface area contributed by atoms with Crippen LogP contribution < -0.4 is 5.32 Å². The van der Waals surface area contributed by atoms with Crippen LogP contribution in [0.25, 0.3) is 0 Å². The molecule has 1 heterocycles. The van der Waals surface area contributed by atoms with E-state index in [1.54, 1.807) is 34.6 Å². The summed E-state index contributed by atoms with van der Waals surface area (Å²) in [4.78, 5) is 36.5. The third-order valence-electron chi connectivity index (χ3n) is 3.01. The van der Waals surface area contributed by atoms with Crippen molar-refractivity contribution in [2.45, 2.75) is 58.3 Å². The molecule has 0 aromatic heterocycles. The van der Waals surface area contributed by atoms with Crippen molar-refractivity contribution >= 4 is 18.2 Å². The molecule has 1 rings (SSSR count). The number of carboxylic acids is 1.